The van der Waals surface area contributed by atoms with Crippen molar-refractivity contribution in [3.05, 3.63) is 0 Å². The molecule has 0 saturated heterocycles. The minimum Gasteiger partial charge on any atom is -0.444 e. The lowest BCUT2D eigenvalue weighted by molar-refractivity contribution is 0.0258. The standard InChI is InChI=1S/C9H20N2O4S/c1-6-11(7-10-16(5,13)14)8(12)15-9(2,3)4/h10H,6-7H2,1-5H3. The molecule has 16 heavy (non-hydrogen) atoms. The molecule has 6 nitrogen and oxygen atoms in total. The molecule has 0 unspecified atom stereocenters. The Morgan fingerprint density at radius 2 is 1.88 bits per heavy atom. The van der Waals surface area contributed by atoms with Crippen LogP contribution in [0.25, 0.3) is 0 Å². The number of amides is 1. The summed E-state index contributed by atoms with van der Waals surface area (Å²) in [6.07, 6.45) is 0.502. The van der Waals surface area contributed by atoms with Crippen LogP contribution in [-0.4, -0.2) is 44.5 Å². The Balaban J connectivity index is 4.34. The summed E-state index contributed by atoms with van der Waals surface area (Å²) in [7, 11) is -3.31. The van der Waals surface area contributed by atoms with E-state index in [0.717, 1.165) is 6.26 Å². The summed E-state index contributed by atoms with van der Waals surface area (Å²) < 4.78 is 29.1. The van der Waals surface area contributed by atoms with Crippen molar-refractivity contribution in [2.24, 2.45) is 0 Å². The Kier molecular flexibility index (Phi) is 5.21. The van der Waals surface area contributed by atoms with Crippen LogP contribution in [0, 0.1) is 0 Å². The molecule has 0 radical (unpaired) electrons. The minimum atomic E-state index is -3.31. The van der Waals surface area contributed by atoms with Gasteiger partial charge in [-0.2, -0.15) is 4.72 Å². The number of nitrogens with one attached hydrogen (secondary N) is 1. The van der Waals surface area contributed by atoms with E-state index in [2.05, 4.69) is 4.72 Å². The molecule has 0 aromatic rings. The van der Waals surface area contributed by atoms with Gasteiger partial charge in [-0.15, -0.1) is 0 Å². The number of carbonyl (C=O) groups excluding carboxylic acids is 1. The van der Waals surface area contributed by atoms with Gasteiger partial charge in [0.1, 0.15) is 5.60 Å². The van der Waals surface area contributed by atoms with E-state index in [-0.39, 0.29) is 6.67 Å². The van der Waals surface area contributed by atoms with E-state index in [1.54, 1.807) is 27.7 Å². The highest BCUT2D eigenvalue weighted by atomic mass is 32.2. The molecule has 96 valence electrons. The fourth-order valence-corrected chi connectivity index (χ4v) is 1.22. The molecule has 0 spiro atoms. The van der Waals surface area contributed by atoms with E-state index in [1.807, 2.05) is 0 Å². The van der Waals surface area contributed by atoms with Gasteiger partial charge < -0.3 is 4.74 Å². The lowest BCUT2D eigenvalue weighted by Gasteiger charge is -2.26. The van der Waals surface area contributed by atoms with Crippen molar-refractivity contribution in [1.82, 2.24) is 9.62 Å². The van der Waals surface area contributed by atoms with Gasteiger partial charge in [-0.1, -0.05) is 0 Å². The topological polar surface area (TPSA) is 75.7 Å². The molecule has 1 amide bonds. The van der Waals surface area contributed by atoms with Crippen molar-refractivity contribution in [3.8, 4) is 0 Å². The van der Waals surface area contributed by atoms with Gasteiger partial charge in [0.25, 0.3) is 0 Å². The third kappa shape index (κ3) is 7.47. The van der Waals surface area contributed by atoms with Crippen molar-refractivity contribution < 1.29 is 17.9 Å². The molecule has 0 saturated carbocycles. The van der Waals surface area contributed by atoms with Crippen LogP contribution in [0.3, 0.4) is 0 Å². The van der Waals surface area contributed by atoms with E-state index in [9.17, 15) is 13.2 Å². The predicted molar refractivity (Wildman–Crippen MR) is 61.5 cm³/mol. The molecule has 7 heteroatoms. The Labute approximate surface area is 97.0 Å². The normalized spacial score (nSPS) is 12.3. The molecule has 0 bridgehead atoms. The summed E-state index contributed by atoms with van der Waals surface area (Å²) in [6, 6.07) is 0. The summed E-state index contributed by atoms with van der Waals surface area (Å²) in [6.45, 7) is 7.30. The Hall–Kier alpha value is -0.820. The van der Waals surface area contributed by atoms with Gasteiger partial charge in [0.15, 0.2) is 0 Å². The summed E-state index contributed by atoms with van der Waals surface area (Å²) in [5, 5.41) is 0. The molecule has 0 aliphatic rings. The second kappa shape index (κ2) is 5.49. The van der Waals surface area contributed by atoms with Gasteiger partial charge >= 0.3 is 6.09 Å². The summed E-state index contributed by atoms with van der Waals surface area (Å²) in [5.41, 5.74) is -0.588. The monoisotopic (exact) mass is 252 g/mol. The van der Waals surface area contributed by atoms with Gasteiger partial charge in [0, 0.05) is 6.54 Å². The van der Waals surface area contributed by atoms with Crippen LogP contribution < -0.4 is 4.72 Å². The lowest BCUT2D eigenvalue weighted by atomic mass is 10.2. The average Bonchev–Trinajstić information content (AvgIpc) is 1.99. The number of carbonyl (C=O) groups is 1. The number of sulfonamides is 1. The highest BCUT2D eigenvalue weighted by molar-refractivity contribution is 7.88. The van der Waals surface area contributed by atoms with Crippen molar-refractivity contribution in [3.63, 3.8) is 0 Å². The molecule has 0 heterocycles. The van der Waals surface area contributed by atoms with Gasteiger partial charge in [0.05, 0.1) is 12.9 Å². The van der Waals surface area contributed by atoms with Gasteiger partial charge in [0.2, 0.25) is 10.0 Å². The van der Waals surface area contributed by atoms with Crippen LogP contribution in [-0.2, 0) is 14.8 Å². The van der Waals surface area contributed by atoms with Crippen molar-refractivity contribution in [1.29, 1.82) is 0 Å². The van der Waals surface area contributed by atoms with Crippen LogP contribution in [0.1, 0.15) is 27.7 Å². The first-order valence-electron chi connectivity index (χ1n) is 4.97. The molecule has 0 atom stereocenters. The zero-order valence-corrected chi connectivity index (χ0v) is 11.2. The molecule has 0 rings (SSSR count). The van der Waals surface area contributed by atoms with Gasteiger partial charge in [-0.3, -0.25) is 4.90 Å². The first-order chi connectivity index (χ1) is 7.05. The maximum Gasteiger partial charge on any atom is 0.411 e. The molecule has 0 aliphatic heterocycles. The molecule has 1 N–H and O–H groups in total. The summed E-state index contributed by atoms with van der Waals surface area (Å²) in [5.74, 6) is 0. The third-order valence-corrected chi connectivity index (χ3v) is 2.20. The second-order valence-electron chi connectivity index (χ2n) is 4.41. The SMILES string of the molecule is CCN(CNS(C)(=O)=O)C(=O)OC(C)(C)C. The molecule has 0 fully saturated rings. The van der Waals surface area contributed by atoms with Crippen LogP contribution in [0.4, 0.5) is 4.79 Å². The fourth-order valence-electron chi connectivity index (χ4n) is 0.827. The van der Waals surface area contributed by atoms with E-state index >= 15 is 0 Å². The largest absolute Gasteiger partial charge is 0.444 e. The van der Waals surface area contributed by atoms with Crippen LogP contribution >= 0.6 is 0 Å². The van der Waals surface area contributed by atoms with Gasteiger partial charge in [-0.05, 0) is 27.7 Å². The number of hydrogen-bond acceptors (Lipinski definition) is 4. The Bertz CT molecular complexity index is 332. The van der Waals surface area contributed by atoms with Crippen molar-refractivity contribution >= 4 is 16.1 Å². The Morgan fingerprint density at radius 1 is 1.38 bits per heavy atom. The highest BCUT2D eigenvalue weighted by Crippen LogP contribution is 2.09. The van der Waals surface area contributed by atoms with Gasteiger partial charge in [-0.25, -0.2) is 13.2 Å². The maximum atomic E-state index is 11.6. The lowest BCUT2D eigenvalue weighted by Crippen LogP contribution is -2.43. The zero-order chi connectivity index (χ0) is 13.0. The number of hydrogen-bond donors (Lipinski definition) is 1. The van der Waals surface area contributed by atoms with Crippen LogP contribution in [0.5, 0.6) is 0 Å². The quantitative estimate of drug-likeness (QED) is 0.749. The fraction of sp³-hybridized carbons (Fsp3) is 0.889. The van der Waals surface area contributed by atoms with Crippen molar-refractivity contribution in [2.45, 2.75) is 33.3 Å². The minimum absolute atomic E-state index is 0.0791. The van der Waals surface area contributed by atoms with Crippen LogP contribution in [0.15, 0.2) is 0 Å². The van der Waals surface area contributed by atoms with Crippen molar-refractivity contribution in [2.75, 3.05) is 19.5 Å². The highest BCUT2D eigenvalue weighted by Gasteiger charge is 2.21. The summed E-state index contributed by atoms with van der Waals surface area (Å²) in [4.78, 5) is 12.8. The molecule has 0 aliphatic carbocycles. The molecular weight excluding hydrogens is 232 g/mol. The number of rotatable bonds is 4. The first-order valence-corrected chi connectivity index (χ1v) is 6.87. The molecule has 0 aromatic carbocycles. The number of nitrogens with zero attached hydrogens (tertiary/aromatic N) is 1. The third-order valence-electron chi connectivity index (χ3n) is 1.55. The first kappa shape index (κ1) is 15.2. The molecular formula is C9H20N2O4S. The maximum absolute atomic E-state index is 11.6. The average molecular weight is 252 g/mol. The van der Waals surface area contributed by atoms with E-state index in [4.69, 9.17) is 4.74 Å². The smallest absolute Gasteiger partial charge is 0.411 e. The number of ether oxygens (including phenoxy) is 1. The van der Waals surface area contributed by atoms with E-state index in [0.29, 0.717) is 6.54 Å². The summed E-state index contributed by atoms with van der Waals surface area (Å²) >= 11 is 0. The Morgan fingerprint density at radius 3 is 2.19 bits per heavy atom. The van der Waals surface area contributed by atoms with Crippen LogP contribution in [0.2, 0.25) is 0 Å². The predicted octanol–water partition coefficient (Wildman–Crippen LogP) is 0.750. The zero-order valence-electron chi connectivity index (χ0n) is 10.4. The van der Waals surface area contributed by atoms with E-state index in [1.165, 1.54) is 4.90 Å². The molecule has 0 aromatic heterocycles. The van der Waals surface area contributed by atoms with E-state index < -0.39 is 21.7 Å². The second-order valence-corrected chi connectivity index (χ2v) is 6.24.